The molecule has 4 rings (SSSR count). The lowest BCUT2D eigenvalue weighted by molar-refractivity contribution is -0.113. The molecule has 0 aliphatic rings. The number of benzene rings is 2. The Kier molecular flexibility index (Phi) is 6.27. The Morgan fingerprint density at radius 3 is 2.66 bits per heavy atom. The van der Waals surface area contributed by atoms with Crippen molar-refractivity contribution in [2.24, 2.45) is 0 Å². The van der Waals surface area contributed by atoms with E-state index in [-0.39, 0.29) is 17.3 Å². The van der Waals surface area contributed by atoms with Crippen LogP contribution in [0, 0.1) is 12.7 Å². The van der Waals surface area contributed by atoms with Gasteiger partial charge in [-0.25, -0.2) is 13.9 Å². The van der Waals surface area contributed by atoms with Crippen LogP contribution in [0.4, 0.5) is 10.1 Å². The SMILES string of the molecule is COc1ccc(-c2cnn3c(SCC(=O)Nc4ccccc4F)cc(C)nc23)cc1OC. The molecule has 7 nitrogen and oxygen atoms in total. The van der Waals surface area contributed by atoms with Gasteiger partial charge < -0.3 is 14.8 Å². The minimum absolute atomic E-state index is 0.0957. The number of methoxy groups -OCH3 is 2. The molecule has 9 heteroatoms. The first-order valence-corrected chi connectivity index (χ1v) is 10.7. The molecule has 1 N–H and O–H groups in total. The molecule has 0 saturated heterocycles. The highest BCUT2D eigenvalue weighted by Gasteiger charge is 2.16. The number of anilines is 1. The molecule has 0 fully saturated rings. The number of thioether (sulfide) groups is 1. The van der Waals surface area contributed by atoms with Gasteiger partial charge in [-0.3, -0.25) is 4.79 Å². The van der Waals surface area contributed by atoms with E-state index in [1.807, 2.05) is 31.2 Å². The molecule has 0 unspecified atom stereocenters. The monoisotopic (exact) mass is 452 g/mol. The highest BCUT2D eigenvalue weighted by molar-refractivity contribution is 7.99. The van der Waals surface area contributed by atoms with Gasteiger partial charge in [-0.2, -0.15) is 5.10 Å². The summed E-state index contributed by atoms with van der Waals surface area (Å²) in [5.74, 6) is 0.554. The Morgan fingerprint density at radius 2 is 1.91 bits per heavy atom. The summed E-state index contributed by atoms with van der Waals surface area (Å²) in [5, 5.41) is 7.82. The van der Waals surface area contributed by atoms with Crippen molar-refractivity contribution in [2.75, 3.05) is 25.3 Å². The van der Waals surface area contributed by atoms with Crippen LogP contribution in [0.3, 0.4) is 0 Å². The van der Waals surface area contributed by atoms with Crippen LogP contribution in [-0.4, -0.2) is 40.5 Å². The average molecular weight is 453 g/mol. The lowest BCUT2D eigenvalue weighted by Crippen LogP contribution is -2.15. The number of halogens is 1. The number of fused-ring (bicyclic) bond motifs is 1. The number of rotatable bonds is 7. The highest BCUT2D eigenvalue weighted by Crippen LogP contribution is 2.34. The Hall–Kier alpha value is -3.59. The molecule has 0 saturated carbocycles. The summed E-state index contributed by atoms with van der Waals surface area (Å²) in [4.78, 5) is 17.0. The van der Waals surface area contributed by atoms with Crippen LogP contribution in [0.2, 0.25) is 0 Å². The Morgan fingerprint density at radius 1 is 1.12 bits per heavy atom. The first-order chi connectivity index (χ1) is 15.5. The highest BCUT2D eigenvalue weighted by atomic mass is 32.2. The number of nitrogens with one attached hydrogen (secondary N) is 1. The van der Waals surface area contributed by atoms with Gasteiger partial charge in [-0.1, -0.05) is 30.0 Å². The summed E-state index contributed by atoms with van der Waals surface area (Å²) in [6.07, 6.45) is 1.73. The predicted octanol–water partition coefficient (Wildman–Crippen LogP) is 4.59. The average Bonchev–Trinajstić information content (AvgIpc) is 3.22. The van der Waals surface area contributed by atoms with Crippen LogP contribution in [0.5, 0.6) is 11.5 Å². The van der Waals surface area contributed by atoms with Crippen molar-refractivity contribution in [3.05, 3.63) is 66.2 Å². The first-order valence-electron chi connectivity index (χ1n) is 9.75. The van der Waals surface area contributed by atoms with Crippen LogP contribution >= 0.6 is 11.8 Å². The second-order valence-electron chi connectivity index (χ2n) is 6.92. The van der Waals surface area contributed by atoms with Crippen LogP contribution in [0.15, 0.2) is 59.8 Å². The number of hydrogen-bond donors (Lipinski definition) is 1. The molecular formula is C23H21FN4O3S. The van der Waals surface area contributed by atoms with Crippen molar-refractivity contribution in [1.82, 2.24) is 14.6 Å². The van der Waals surface area contributed by atoms with Crippen molar-refractivity contribution in [3.63, 3.8) is 0 Å². The molecule has 0 atom stereocenters. The molecule has 2 heterocycles. The van der Waals surface area contributed by atoms with E-state index in [0.29, 0.717) is 17.1 Å². The lowest BCUT2D eigenvalue weighted by Gasteiger charge is -2.10. The molecule has 0 aliphatic heterocycles. The Balaban J connectivity index is 1.60. The van der Waals surface area contributed by atoms with Gasteiger partial charge in [0.25, 0.3) is 0 Å². The number of aryl methyl sites for hydroxylation is 1. The number of carbonyl (C=O) groups excluding carboxylic acids is 1. The fourth-order valence-corrected chi connectivity index (χ4v) is 4.11. The van der Waals surface area contributed by atoms with Gasteiger partial charge in [0.2, 0.25) is 5.91 Å². The standard InChI is InChI=1S/C23H21FN4O3S/c1-14-10-22(32-13-21(29)27-18-7-5-4-6-17(18)24)28-23(26-14)16(12-25-28)15-8-9-19(30-2)20(11-15)31-3/h4-12H,13H2,1-3H3,(H,27,29). The van der Waals surface area contributed by atoms with E-state index in [0.717, 1.165) is 21.8 Å². The normalized spacial score (nSPS) is 10.9. The number of nitrogens with zero attached hydrogens (tertiary/aromatic N) is 3. The number of aromatic nitrogens is 3. The maximum atomic E-state index is 13.8. The molecule has 0 spiro atoms. The molecule has 0 bridgehead atoms. The summed E-state index contributed by atoms with van der Waals surface area (Å²) in [5.41, 5.74) is 3.31. The zero-order valence-corrected chi connectivity index (χ0v) is 18.6. The van der Waals surface area contributed by atoms with Gasteiger partial charge in [0, 0.05) is 11.3 Å². The third-order valence-corrected chi connectivity index (χ3v) is 5.75. The number of hydrogen-bond acceptors (Lipinski definition) is 6. The van der Waals surface area contributed by atoms with E-state index in [2.05, 4.69) is 15.4 Å². The minimum atomic E-state index is -0.473. The maximum Gasteiger partial charge on any atom is 0.234 e. The van der Waals surface area contributed by atoms with E-state index < -0.39 is 5.82 Å². The van der Waals surface area contributed by atoms with Crippen LogP contribution < -0.4 is 14.8 Å². The predicted molar refractivity (Wildman–Crippen MR) is 122 cm³/mol. The van der Waals surface area contributed by atoms with Crippen LogP contribution in [-0.2, 0) is 4.79 Å². The first kappa shape index (κ1) is 21.6. The third-order valence-electron chi connectivity index (χ3n) is 4.76. The van der Waals surface area contributed by atoms with Crippen LogP contribution in [0.25, 0.3) is 16.8 Å². The van der Waals surface area contributed by atoms with Crippen molar-refractivity contribution in [2.45, 2.75) is 11.9 Å². The fraction of sp³-hybridized carbons (Fsp3) is 0.174. The van der Waals surface area contributed by atoms with Gasteiger partial charge in [-0.15, -0.1) is 0 Å². The van der Waals surface area contributed by atoms with E-state index in [4.69, 9.17) is 9.47 Å². The molecule has 0 radical (unpaired) electrons. The summed E-state index contributed by atoms with van der Waals surface area (Å²) >= 11 is 1.30. The quantitative estimate of drug-likeness (QED) is 0.326. The molecule has 4 aromatic rings. The van der Waals surface area contributed by atoms with Gasteiger partial charge in [-0.05, 0) is 42.8 Å². The molecule has 1 amide bonds. The minimum Gasteiger partial charge on any atom is -0.493 e. The summed E-state index contributed by atoms with van der Waals surface area (Å²) < 4.78 is 26.2. The molecule has 32 heavy (non-hydrogen) atoms. The number of carbonyl (C=O) groups is 1. The van der Waals surface area contributed by atoms with Gasteiger partial charge in [0.15, 0.2) is 17.1 Å². The van der Waals surface area contributed by atoms with E-state index in [9.17, 15) is 9.18 Å². The summed E-state index contributed by atoms with van der Waals surface area (Å²) in [6.45, 7) is 1.88. The topological polar surface area (TPSA) is 77.8 Å². The molecular weight excluding hydrogens is 431 g/mol. The zero-order chi connectivity index (χ0) is 22.7. The van der Waals surface area contributed by atoms with Gasteiger partial charge >= 0.3 is 0 Å². The van der Waals surface area contributed by atoms with E-state index in [1.165, 1.54) is 23.9 Å². The van der Waals surface area contributed by atoms with Crippen molar-refractivity contribution in [1.29, 1.82) is 0 Å². The third kappa shape index (κ3) is 4.38. The smallest absolute Gasteiger partial charge is 0.234 e. The van der Waals surface area contributed by atoms with E-state index >= 15 is 0 Å². The molecule has 2 aromatic heterocycles. The number of ether oxygens (including phenoxy) is 2. The maximum absolute atomic E-state index is 13.8. The fourth-order valence-electron chi connectivity index (χ4n) is 3.25. The second kappa shape index (κ2) is 9.27. The molecule has 2 aromatic carbocycles. The summed E-state index contributed by atoms with van der Waals surface area (Å²) in [6, 6.07) is 13.5. The zero-order valence-electron chi connectivity index (χ0n) is 17.8. The van der Waals surface area contributed by atoms with Gasteiger partial charge in [0.1, 0.15) is 10.8 Å². The van der Waals surface area contributed by atoms with Crippen molar-refractivity contribution < 1.29 is 18.7 Å². The molecule has 0 aliphatic carbocycles. The summed E-state index contributed by atoms with van der Waals surface area (Å²) in [7, 11) is 3.17. The number of para-hydroxylation sites is 1. The second-order valence-corrected chi connectivity index (χ2v) is 7.91. The van der Waals surface area contributed by atoms with Crippen LogP contribution in [0.1, 0.15) is 5.69 Å². The van der Waals surface area contributed by atoms with E-state index in [1.54, 1.807) is 37.1 Å². The van der Waals surface area contributed by atoms with Crippen molar-refractivity contribution >= 4 is 29.0 Å². The largest absolute Gasteiger partial charge is 0.493 e. The lowest BCUT2D eigenvalue weighted by atomic mass is 10.1. The van der Waals surface area contributed by atoms with Crippen molar-refractivity contribution in [3.8, 4) is 22.6 Å². The van der Waals surface area contributed by atoms with Gasteiger partial charge in [0.05, 0.1) is 31.9 Å². The Bertz CT molecular complexity index is 1290. The molecule has 164 valence electrons. The Labute approximate surface area is 188 Å². The number of amides is 1.